The average Bonchev–Trinajstić information content (AvgIpc) is 3.25. The van der Waals surface area contributed by atoms with Gasteiger partial charge in [-0.25, -0.2) is 9.97 Å². The number of hydrogen-bond donors (Lipinski definition) is 2. The van der Waals surface area contributed by atoms with Crippen LogP contribution in [0.5, 0.6) is 0 Å². The van der Waals surface area contributed by atoms with Gasteiger partial charge in [0.2, 0.25) is 5.95 Å². The van der Waals surface area contributed by atoms with Gasteiger partial charge < -0.3 is 15.5 Å². The lowest BCUT2D eigenvalue weighted by Crippen LogP contribution is -2.38. The second-order valence-corrected chi connectivity index (χ2v) is 11.1. The first-order valence-corrected chi connectivity index (χ1v) is 13.4. The van der Waals surface area contributed by atoms with Crippen molar-refractivity contribution >= 4 is 56.0 Å². The zero-order valence-electron chi connectivity index (χ0n) is 19.1. The van der Waals surface area contributed by atoms with Crippen LogP contribution in [0.2, 0.25) is 0 Å². The molecule has 0 aliphatic heterocycles. The number of nitrogens with one attached hydrogen (secondary N) is 2. The molecule has 0 amide bonds. The normalized spacial score (nSPS) is 18.6. The summed E-state index contributed by atoms with van der Waals surface area (Å²) in [6, 6.07) is 17.6. The molecule has 6 nitrogen and oxygen atoms in total. The monoisotopic (exact) mass is 478 g/mol. The molecule has 2 aromatic carbocycles. The van der Waals surface area contributed by atoms with Crippen molar-refractivity contribution in [3.63, 3.8) is 0 Å². The minimum atomic E-state index is 0.427. The number of hydrogen-bond acceptors (Lipinski definition) is 8. The van der Waals surface area contributed by atoms with Crippen molar-refractivity contribution in [3.8, 4) is 0 Å². The summed E-state index contributed by atoms with van der Waals surface area (Å²) in [5.41, 5.74) is 2.09. The van der Waals surface area contributed by atoms with Crippen LogP contribution < -0.4 is 15.5 Å². The van der Waals surface area contributed by atoms with Crippen molar-refractivity contribution in [1.82, 2.24) is 20.3 Å². The van der Waals surface area contributed by atoms with Crippen molar-refractivity contribution in [2.45, 2.75) is 42.1 Å². The standard InChI is InChI=1S/C25H30N6S2/c1-31(2)23-19-7-3-4-8-20(19)28-24(30-23)27-18-13-11-17(12-14-18)26-15-16-32-25-29-21-9-5-6-10-22(21)33-25/h3-10,17-18,26H,11-16H2,1-2H3,(H,27,28,30). The Morgan fingerprint density at radius 2 is 1.64 bits per heavy atom. The molecule has 8 heteroatoms. The smallest absolute Gasteiger partial charge is 0.225 e. The summed E-state index contributed by atoms with van der Waals surface area (Å²) >= 11 is 3.64. The fourth-order valence-corrected chi connectivity index (χ4v) is 6.41. The van der Waals surface area contributed by atoms with Gasteiger partial charge >= 0.3 is 0 Å². The van der Waals surface area contributed by atoms with E-state index in [1.807, 2.05) is 38.0 Å². The molecule has 5 rings (SSSR count). The van der Waals surface area contributed by atoms with Crippen LogP contribution in [0.25, 0.3) is 21.1 Å². The van der Waals surface area contributed by atoms with Gasteiger partial charge in [-0.1, -0.05) is 36.0 Å². The van der Waals surface area contributed by atoms with Crippen LogP contribution in [-0.2, 0) is 0 Å². The van der Waals surface area contributed by atoms with Crippen LogP contribution in [0.3, 0.4) is 0 Å². The second-order valence-electron chi connectivity index (χ2n) is 8.73. The van der Waals surface area contributed by atoms with E-state index < -0.39 is 0 Å². The van der Waals surface area contributed by atoms with Gasteiger partial charge in [-0.05, 0) is 49.9 Å². The minimum Gasteiger partial charge on any atom is -0.362 e. The molecule has 2 N–H and O–H groups in total. The van der Waals surface area contributed by atoms with Crippen LogP contribution in [-0.4, -0.2) is 53.4 Å². The summed E-state index contributed by atoms with van der Waals surface area (Å²) in [4.78, 5) is 16.3. The maximum absolute atomic E-state index is 4.80. The second kappa shape index (κ2) is 10.2. The summed E-state index contributed by atoms with van der Waals surface area (Å²) in [5.74, 6) is 2.75. The molecule has 2 aromatic heterocycles. The molecule has 33 heavy (non-hydrogen) atoms. The third-order valence-corrected chi connectivity index (χ3v) is 8.28. The number of thioether (sulfide) groups is 1. The Hall–Kier alpha value is -2.42. The van der Waals surface area contributed by atoms with Gasteiger partial charge in [0, 0.05) is 43.9 Å². The number of para-hydroxylation sites is 2. The molecule has 1 aliphatic rings. The highest BCUT2D eigenvalue weighted by Crippen LogP contribution is 2.29. The number of aromatic nitrogens is 3. The summed E-state index contributed by atoms with van der Waals surface area (Å²) in [7, 11) is 4.06. The number of fused-ring (bicyclic) bond motifs is 2. The molecule has 0 unspecified atom stereocenters. The van der Waals surface area contributed by atoms with Gasteiger partial charge in [-0.15, -0.1) is 11.3 Å². The summed E-state index contributed by atoms with van der Waals surface area (Å²) in [6.45, 7) is 1.02. The fraction of sp³-hybridized carbons (Fsp3) is 0.400. The van der Waals surface area contributed by atoms with Crippen molar-refractivity contribution in [1.29, 1.82) is 0 Å². The zero-order valence-corrected chi connectivity index (χ0v) is 20.8. The van der Waals surface area contributed by atoms with Crippen LogP contribution in [0.15, 0.2) is 52.9 Å². The minimum absolute atomic E-state index is 0.427. The number of benzene rings is 2. The van der Waals surface area contributed by atoms with E-state index in [1.54, 1.807) is 11.3 Å². The molecular weight excluding hydrogens is 448 g/mol. The molecule has 2 heterocycles. The van der Waals surface area contributed by atoms with E-state index in [0.717, 1.165) is 53.3 Å². The van der Waals surface area contributed by atoms with Crippen LogP contribution in [0.4, 0.5) is 11.8 Å². The predicted octanol–water partition coefficient (Wildman–Crippen LogP) is 5.41. The third-order valence-electron chi connectivity index (χ3n) is 6.10. The highest BCUT2D eigenvalue weighted by Gasteiger charge is 2.22. The summed E-state index contributed by atoms with van der Waals surface area (Å²) in [6.07, 6.45) is 4.63. The zero-order chi connectivity index (χ0) is 22.6. The lowest BCUT2D eigenvalue weighted by atomic mass is 9.91. The average molecular weight is 479 g/mol. The molecule has 0 spiro atoms. The number of rotatable bonds is 8. The van der Waals surface area contributed by atoms with Gasteiger partial charge in [-0.2, -0.15) is 4.98 Å². The van der Waals surface area contributed by atoms with E-state index in [2.05, 4.69) is 51.9 Å². The lowest BCUT2D eigenvalue weighted by molar-refractivity contribution is 0.359. The molecule has 1 saturated carbocycles. The van der Waals surface area contributed by atoms with Gasteiger partial charge in [0.15, 0.2) is 4.34 Å². The topological polar surface area (TPSA) is 66.0 Å². The van der Waals surface area contributed by atoms with Gasteiger partial charge in [-0.3, -0.25) is 0 Å². The third kappa shape index (κ3) is 5.39. The Bertz CT molecular complexity index is 1180. The van der Waals surface area contributed by atoms with E-state index in [-0.39, 0.29) is 0 Å². The molecular formula is C25H30N6S2. The number of nitrogens with zero attached hydrogens (tertiary/aromatic N) is 4. The van der Waals surface area contributed by atoms with E-state index in [1.165, 1.54) is 21.9 Å². The molecule has 0 bridgehead atoms. The van der Waals surface area contributed by atoms with Gasteiger partial charge in [0.1, 0.15) is 5.82 Å². The molecule has 0 atom stereocenters. The fourth-order valence-electron chi connectivity index (χ4n) is 4.40. The molecule has 1 fully saturated rings. The number of anilines is 2. The van der Waals surface area contributed by atoms with E-state index in [9.17, 15) is 0 Å². The Labute approximate surface area is 203 Å². The Kier molecular flexibility index (Phi) is 6.94. The molecule has 0 radical (unpaired) electrons. The van der Waals surface area contributed by atoms with E-state index in [0.29, 0.717) is 12.1 Å². The molecule has 4 aromatic rings. The van der Waals surface area contributed by atoms with Crippen molar-refractivity contribution in [2.24, 2.45) is 0 Å². The SMILES string of the molecule is CN(C)c1nc(NC2CCC(NCCSc3nc4ccccc4s3)CC2)nc2ccccc12. The van der Waals surface area contributed by atoms with Crippen molar-refractivity contribution in [2.75, 3.05) is 36.6 Å². The van der Waals surface area contributed by atoms with Gasteiger partial charge in [0.05, 0.1) is 15.7 Å². The first-order valence-electron chi connectivity index (χ1n) is 11.6. The van der Waals surface area contributed by atoms with E-state index in [4.69, 9.17) is 15.0 Å². The van der Waals surface area contributed by atoms with E-state index >= 15 is 0 Å². The van der Waals surface area contributed by atoms with Crippen molar-refractivity contribution < 1.29 is 0 Å². The van der Waals surface area contributed by atoms with Crippen molar-refractivity contribution in [3.05, 3.63) is 48.5 Å². The molecule has 1 aliphatic carbocycles. The Morgan fingerprint density at radius 3 is 2.42 bits per heavy atom. The highest BCUT2D eigenvalue weighted by molar-refractivity contribution is 8.01. The van der Waals surface area contributed by atoms with Crippen LogP contribution in [0.1, 0.15) is 25.7 Å². The Morgan fingerprint density at radius 1 is 0.909 bits per heavy atom. The summed E-state index contributed by atoms with van der Waals surface area (Å²) < 4.78 is 2.44. The first-order chi connectivity index (χ1) is 16.2. The summed E-state index contributed by atoms with van der Waals surface area (Å²) in [5, 5.41) is 8.44. The largest absolute Gasteiger partial charge is 0.362 e. The maximum Gasteiger partial charge on any atom is 0.225 e. The highest BCUT2D eigenvalue weighted by atomic mass is 32.2. The quantitative estimate of drug-likeness (QED) is 0.259. The maximum atomic E-state index is 4.80. The van der Waals surface area contributed by atoms with Crippen LogP contribution >= 0.6 is 23.1 Å². The van der Waals surface area contributed by atoms with Gasteiger partial charge in [0.25, 0.3) is 0 Å². The molecule has 0 saturated heterocycles. The predicted molar refractivity (Wildman–Crippen MR) is 142 cm³/mol. The Balaban J connectivity index is 1.09. The molecule has 172 valence electrons. The lowest BCUT2D eigenvalue weighted by Gasteiger charge is -2.30. The number of thiazole rings is 1. The van der Waals surface area contributed by atoms with Crippen LogP contribution in [0, 0.1) is 0 Å². The first kappa shape index (κ1) is 22.4.